The van der Waals surface area contributed by atoms with Gasteiger partial charge in [0.15, 0.2) is 0 Å². The van der Waals surface area contributed by atoms with Crippen LogP contribution in [-0.2, 0) is 19.4 Å². The van der Waals surface area contributed by atoms with Crippen molar-refractivity contribution in [3.8, 4) is 0 Å². The van der Waals surface area contributed by atoms with Gasteiger partial charge in [-0.2, -0.15) is 5.10 Å². The zero-order valence-electron chi connectivity index (χ0n) is 9.31. The number of aryl methyl sites for hydroxylation is 2. The van der Waals surface area contributed by atoms with Crippen LogP contribution in [0.25, 0.3) is 0 Å². The summed E-state index contributed by atoms with van der Waals surface area (Å²) in [6, 6.07) is 10.1. The van der Waals surface area contributed by atoms with Crippen LogP contribution in [0.15, 0.2) is 35.1 Å². The maximum atomic E-state index is 11.5. The van der Waals surface area contributed by atoms with E-state index in [-0.39, 0.29) is 5.69 Å². The molecule has 1 aromatic heterocycles. The van der Waals surface area contributed by atoms with Crippen molar-refractivity contribution in [2.45, 2.75) is 26.3 Å². The number of rotatable bonds is 4. The molecule has 2 aromatic rings. The highest BCUT2D eigenvalue weighted by atomic mass is 16.1. The molecule has 0 saturated carbocycles. The number of aromatic nitrogens is 3. The van der Waals surface area contributed by atoms with E-state index in [2.05, 4.69) is 22.3 Å². The lowest BCUT2D eigenvalue weighted by atomic mass is 10.1. The van der Waals surface area contributed by atoms with Crippen molar-refractivity contribution in [3.63, 3.8) is 0 Å². The average Bonchev–Trinajstić information content (AvgIpc) is 2.69. The Bertz CT molecular complexity index is 498. The average molecular weight is 217 g/mol. The van der Waals surface area contributed by atoms with Crippen LogP contribution in [0.2, 0.25) is 0 Å². The Morgan fingerprint density at radius 1 is 1.31 bits per heavy atom. The summed E-state index contributed by atoms with van der Waals surface area (Å²) in [6.45, 7) is 2.68. The van der Waals surface area contributed by atoms with Gasteiger partial charge in [-0.05, 0) is 12.0 Å². The third kappa shape index (κ3) is 2.21. The van der Waals surface area contributed by atoms with Crippen LogP contribution in [-0.4, -0.2) is 14.8 Å². The molecule has 84 valence electrons. The maximum absolute atomic E-state index is 11.5. The summed E-state index contributed by atoms with van der Waals surface area (Å²) in [4.78, 5) is 11.5. The van der Waals surface area contributed by atoms with Gasteiger partial charge in [-0.1, -0.05) is 37.3 Å². The molecule has 0 atom stereocenters. The van der Waals surface area contributed by atoms with E-state index in [1.165, 1.54) is 5.56 Å². The number of hydrogen-bond donors (Lipinski definition) is 1. The predicted molar refractivity (Wildman–Crippen MR) is 62.4 cm³/mol. The van der Waals surface area contributed by atoms with Gasteiger partial charge in [-0.15, -0.1) is 0 Å². The maximum Gasteiger partial charge on any atom is 0.343 e. The lowest BCUT2D eigenvalue weighted by Gasteiger charge is -2.04. The number of hydrogen-bond acceptors (Lipinski definition) is 2. The molecule has 0 fully saturated rings. The second kappa shape index (κ2) is 4.79. The van der Waals surface area contributed by atoms with Crippen LogP contribution in [0.3, 0.4) is 0 Å². The van der Waals surface area contributed by atoms with Crippen molar-refractivity contribution < 1.29 is 0 Å². The summed E-state index contributed by atoms with van der Waals surface area (Å²) in [5, 5.41) is 6.45. The third-order valence-corrected chi connectivity index (χ3v) is 2.62. The van der Waals surface area contributed by atoms with Crippen LogP contribution >= 0.6 is 0 Å². The molecule has 0 saturated heterocycles. The number of nitrogens with zero attached hydrogens (tertiary/aromatic N) is 2. The van der Waals surface area contributed by atoms with E-state index in [9.17, 15) is 4.79 Å². The summed E-state index contributed by atoms with van der Waals surface area (Å²) in [5.74, 6) is 0.820. The lowest BCUT2D eigenvalue weighted by Crippen LogP contribution is -2.19. The van der Waals surface area contributed by atoms with Gasteiger partial charge in [0.2, 0.25) is 0 Å². The molecule has 1 N–H and O–H groups in total. The summed E-state index contributed by atoms with van der Waals surface area (Å²) in [5.41, 5.74) is 1.12. The van der Waals surface area contributed by atoms with Crippen molar-refractivity contribution in [1.29, 1.82) is 0 Å². The monoisotopic (exact) mass is 217 g/mol. The minimum Gasteiger partial charge on any atom is -0.279 e. The van der Waals surface area contributed by atoms with Gasteiger partial charge in [-0.25, -0.2) is 9.89 Å². The highest BCUT2D eigenvalue weighted by molar-refractivity contribution is 5.14. The fraction of sp³-hybridized carbons (Fsp3) is 0.333. The van der Waals surface area contributed by atoms with E-state index >= 15 is 0 Å². The van der Waals surface area contributed by atoms with Crippen molar-refractivity contribution in [1.82, 2.24) is 14.8 Å². The van der Waals surface area contributed by atoms with Crippen molar-refractivity contribution in [2.24, 2.45) is 0 Å². The van der Waals surface area contributed by atoms with E-state index in [4.69, 9.17) is 0 Å². The molecule has 0 spiro atoms. The molecular weight excluding hydrogens is 202 g/mol. The van der Waals surface area contributed by atoms with Gasteiger partial charge in [0, 0.05) is 13.0 Å². The Balaban J connectivity index is 2.10. The molecule has 1 aromatic carbocycles. The fourth-order valence-corrected chi connectivity index (χ4v) is 1.74. The Morgan fingerprint density at radius 3 is 2.75 bits per heavy atom. The molecule has 0 aliphatic heterocycles. The highest BCUT2D eigenvalue weighted by Crippen LogP contribution is 2.02. The van der Waals surface area contributed by atoms with Crippen LogP contribution in [0.1, 0.15) is 18.3 Å². The molecule has 16 heavy (non-hydrogen) atoms. The summed E-state index contributed by atoms with van der Waals surface area (Å²) >= 11 is 0. The lowest BCUT2D eigenvalue weighted by molar-refractivity contribution is 0.637. The van der Waals surface area contributed by atoms with Gasteiger partial charge < -0.3 is 0 Å². The topological polar surface area (TPSA) is 50.7 Å². The van der Waals surface area contributed by atoms with Gasteiger partial charge in [0.25, 0.3) is 0 Å². The molecule has 0 aliphatic rings. The van der Waals surface area contributed by atoms with Gasteiger partial charge in [-0.3, -0.25) is 4.57 Å². The highest BCUT2D eigenvalue weighted by Gasteiger charge is 2.05. The molecule has 0 aliphatic carbocycles. The first-order valence-corrected chi connectivity index (χ1v) is 5.49. The second-order valence-corrected chi connectivity index (χ2v) is 3.69. The molecule has 2 rings (SSSR count). The second-order valence-electron chi connectivity index (χ2n) is 3.69. The molecule has 0 bridgehead atoms. The van der Waals surface area contributed by atoms with Crippen molar-refractivity contribution >= 4 is 0 Å². The van der Waals surface area contributed by atoms with E-state index in [1.54, 1.807) is 4.57 Å². The smallest absolute Gasteiger partial charge is 0.279 e. The van der Waals surface area contributed by atoms with Crippen molar-refractivity contribution in [3.05, 3.63) is 52.2 Å². The molecule has 0 amide bonds. The van der Waals surface area contributed by atoms with E-state index in [0.717, 1.165) is 18.7 Å². The number of aromatic amines is 1. The first-order chi connectivity index (χ1) is 7.81. The molecular formula is C12H15N3O. The Morgan fingerprint density at radius 2 is 2.06 bits per heavy atom. The molecule has 0 unspecified atom stereocenters. The zero-order valence-corrected chi connectivity index (χ0v) is 9.31. The quantitative estimate of drug-likeness (QED) is 0.841. The first-order valence-electron chi connectivity index (χ1n) is 5.49. The number of nitrogens with one attached hydrogen (secondary N) is 1. The predicted octanol–water partition coefficient (Wildman–Crippen LogP) is 1.38. The third-order valence-electron chi connectivity index (χ3n) is 2.62. The molecule has 4 heteroatoms. The molecule has 1 heterocycles. The van der Waals surface area contributed by atoms with Crippen LogP contribution in [0.4, 0.5) is 0 Å². The normalized spacial score (nSPS) is 10.6. The summed E-state index contributed by atoms with van der Waals surface area (Å²) in [6.07, 6.45) is 1.63. The summed E-state index contributed by atoms with van der Waals surface area (Å²) < 4.78 is 1.70. The van der Waals surface area contributed by atoms with Crippen LogP contribution in [0, 0.1) is 0 Å². The zero-order chi connectivity index (χ0) is 11.4. The SMILES string of the molecule is CCc1n[nH]c(=O)n1CCc1ccccc1. The largest absolute Gasteiger partial charge is 0.343 e. The van der Waals surface area contributed by atoms with Gasteiger partial charge >= 0.3 is 5.69 Å². The molecule has 4 nitrogen and oxygen atoms in total. The minimum absolute atomic E-state index is 0.118. The number of benzene rings is 1. The van der Waals surface area contributed by atoms with Gasteiger partial charge in [0.05, 0.1) is 0 Å². The summed E-state index contributed by atoms with van der Waals surface area (Å²) in [7, 11) is 0. The van der Waals surface area contributed by atoms with E-state index < -0.39 is 0 Å². The molecule has 0 radical (unpaired) electrons. The Labute approximate surface area is 93.9 Å². The first kappa shape index (κ1) is 10.7. The minimum atomic E-state index is -0.118. The van der Waals surface area contributed by atoms with Crippen LogP contribution in [0.5, 0.6) is 0 Å². The van der Waals surface area contributed by atoms with Crippen molar-refractivity contribution in [2.75, 3.05) is 0 Å². The van der Waals surface area contributed by atoms with E-state index in [0.29, 0.717) is 6.54 Å². The van der Waals surface area contributed by atoms with Crippen LogP contribution < -0.4 is 5.69 Å². The number of H-pyrrole nitrogens is 1. The van der Waals surface area contributed by atoms with E-state index in [1.807, 2.05) is 25.1 Å². The Kier molecular flexibility index (Phi) is 3.19. The standard InChI is InChI=1S/C12H15N3O/c1-2-11-13-14-12(16)15(11)9-8-10-6-4-3-5-7-10/h3-7H,2,8-9H2,1H3,(H,14,16). The Hall–Kier alpha value is -1.84. The van der Waals surface area contributed by atoms with Gasteiger partial charge in [0.1, 0.15) is 5.82 Å². The fourth-order valence-electron chi connectivity index (χ4n) is 1.74.